The molecule has 0 saturated heterocycles. The quantitative estimate of drug-likeness (QED) is 0.547. The zero-order valence-electron chi connectivity index (χ0n) is 9.05. The molecular formula is C15H10O2. The first-order valence-corrected chi connectivity index (χ1v) is 5.41. The highest BCUT2D eigenvalue weighted by atomic mass is 16.2. The van der Waals surface area contributed by atoms with Crippen molar-refractivity contribution in [3.05, 3.63) is 65.9 Å². The van der Waals surface area contributed by atoms with Crippen molar-refractivity contribution in [3.63, 3.8) is 0 Å². The molecule has 0 spiro atoms. The second kappa shape index (κ2) is 3.59. The van der Waals surface area contributed by atoms with E-state index in [0.29, 0.717) is 11.1 Å². The minimum absolute atomic E-state index is 0.123. The molecule has 82 valence electrons. The molecule has 2 aromatic carbocycles. The zero-order chi connectivity index (χ0) is 11.8. The molecule has 3 rings (SSSR count). The summed E-state index contributed by atoms with van der Waals surface area (Å²) in [6.45, 7) is 0. The molecule has 0 aliphatic heterocycles. The van der Waals surface area contributed by atoms with E-state index >= 15 is 0 Å². The van der Waals surface area contributed by atoms with Gasteiger partial charge in [0.25, 0.3) is 0 Å². The van der Waals surface area contributed by atoms with Gasteiger partial charge >= 0.3 is 0 Å². The molecular weight excluding hydrogens is 212 g/mol. The molecule has 0 bridgehead atoms. The number of fused-ring (bicyclic) bond motifs is 3. The molecule has 0 radical (unpaired) electrons. The van der Waals surface area contributed by atoms with Gasteiger partial charge < -0.3 is 5.11 Å². The highest BCUT2D eigenvalue weighted by Gasteiger charge is 2.26. The molecule has 0 atom stereocenters. The fraction of sp³-hybridized carbons (Fsp3) is 0. The van der Waals surface area contributed by atoms with E-state index in [1.165, 1.54) is 0 Å². The second-order valence-electron chi connectivity index (χ2n) is 3.96. The Balaban J connectivity index is 2.41. The summed E-state index contributed by atoms with van der Waals surface area (Å²) in [5.41, 5.74) is 3.71. The Morgan fingerprint density at radius 2 is 1.24 bits per heavy atom. The Labute approximate surface area is 98.8 Å². The third-order valence-corrected chi connectivity index (χ3v) is 3.05. The summed E-state index contributed by atoms with van der Waals surface area (Å²) < 4.78 is 0. The summed E-state index contributed by atoms with van der Waals surface area (Å²) in [5, 5.41) is 9.25. The Bertz CT molecular complexity index is 639. The van der Waals surface area contributed by atoms with Crippen molar-refractivity contribution in [1.29, 1.82) is 0 Å². The predicted octanol–water partition coefficient (Wildman–Crippen LogP) is 3.45. The fourth-order valence-electron chi connectivity index (χ4n) is 2.26. The van der Waals surface area contributed by atoms with Crippen LogP contribution in [0.25, 0.3) is 16.7 Å². The largest absolute Gasteiger partial charge is 0.515 e. The molecule has 1 aliphatic rings. The number of allylic oxidation sites excluding steroid dienone is 1. The maximum Gasteiger partial charge on any atom is 0.197 e. The lowest BCUT2D eigenvalue weighted by Gasteiger charge is -2.20. The van der Waals surface area contributed by atoms with Gasteiger partial charge in [0.05, 0.1) is 11.8 Å². The van der Waals surface area contributed by atoms with E-state index < -0.39 is 0 Å². The number of rotatable bonds is 0. The standard InChI is InChI=1S/C15H10O2/c16-9-14-12-7-2-1-5-10(12)11-6-3-4-8-13(11)15(14)17/h1-9,16H/b14-9+. The molecule has 0 heterocycles. The summed E-state index contributed by atoms with van der Waals surface area (Å²) in [6.07, 6.45) is 0.900. The smallest absolute Gasteiger partial charge is 0.197 e. The van der Waals surface area contributed by atoms with Crippen molar-refractivity contribution >= 4 is 11.4 Å². The van der Waals surface area contributed by atoms with Crippen molar-refractivity contribution in [2.75, 3.05) is 0 Å². The highest BCUT2D eigenvalue weighted by Crippen LogP contribution is 2.38. The third kappa shape index (κ3) is 1.31. The van der Waals surface area contributed by atoms with Crippen molar-refractivity contribution < 1.29 is 9.90 Å². The molecule has 1 N–H and O–H groups in total. The van der Waals surface area contributed by atoms with Gasteiger partial charge in [0, 0.05) is 5.56 Å². The normalized spacial score (nSPS) is 15.5. The van der Waals surface area contributed by atoms with Crippen molar-refractivity contribution in [3.8, 4) is 11.1 Å². The van der Waals surface area contributed by atoms with Crippen LogP contribution in [0.2, 0.25) is 0 Å². The molecule has 2 aromatic rings. The number of carbonyl (C=O) groups is 1. The maximum atomic E-state index is 12.2. The lowest BCUT2D eigenvalue weighted by atomic mass is 9.82. The first-order valence-electron chi connectivity index (χ1n) is 5.41. The molecule has 17 heavy (non-hydrogen) atoms. The molecule has 0 aromatic heterocycles. The number of Topliss-reactive ketones (excluding diaryl/α,β-unsaturated/α-hetero) is 1. The minimum Gasteiger partial charge on any atom is -0.515 e. The van der Waals surface area contributed by atoms with E-state index in [1.807, 2.05) is 42.5 Å². The SMILES string of the molecule is O=C1/C(=C/O)c2ccccc2-c2ccccc21. The average Bonchev–Trinajstić information content (AvgIpc) is 2.40. The van der Waals surface area contributed by atoms with Gasteiger partial charge in [0.1, 0.15) is 0 Å². The topological polar surface area (TPSA) is 37.3 Å². The van der Waals surface area contributed by atoms with Crippen LogP contribution in [-0.4, -0.2) is 10.9 Å². The van der Waals surface area contributed by atoms with E-state index in [2.05, 4.69) is 0 Å². The predicted molar refractivity (Wildman–Crippen MR) is 66.8 cm³/mol. The number of ketones is 1. The van der Waals surface area contributed by atoms with Gasteiger partial charge in [-0.25, -0.2) is 0 Å². The van der Waals surface area contributed by atoms with Gasteiger partial charge in [-0.3, -0.25) is 4.79 Å². The van der Waals surface area contributed by atoms with Gasteiger partial charge in [-0.1, -0.05) is 48.5 Å². The molecule has 0 unspecified atom stereocenters. The lowest BCUT2D eigenvalue weighted by Crippen LogP contribution is -2.11. The number of hydrogen-bond acceptors (Lipinski definition) is 2. The summed E-state index contributed by atoms with van der Waals surface area (Å²) in [6, 6.07) is 15.1. The lowest BCUT2D eigenvalue weighted by molar-refractivity contribution is 0.105. The van der Waals surface area contributed by atoms with Crippen LogP contribution in [0.4, 0.5) is 0 Å². The van der Waals surface area contributed by atoms with Gasteiger partial charge in [-0.15, -0.1) is 0 Å². The molecule has 0 amide bonds. The Kier molecular flexibility index (Phi) is 2.08. The van der Waals surface area contributed by atoms with E-state index in [-0.39, 0.29) is 5.78 Å². The number of aliphatic hydroxyl groups excluding tert-OH is 1. The third-order valence-electron chi connectivity index (χ3n) is 3.05. The molecule has 0 fully saturated rings. The first-order chi connectivity index (χ1) is 8.33. The van der Waals surface area contributed by atoms with Crippen LogP contribution in [0.1, 0.15) is 15.9 Å². The summed E-state index contributed by atoms with van der Waals surface area (Å²) in [7, 11) is 0. The van der Waals surface area contributed by atoms with Gasteiger partial charge in [-0.05, 0) is 16.7 Å². The highest BCUT2D eigenvalue weighted by molar-refractivity contribution is 6.34. The number of hydrogen-bond donors (Lipinski definition) is 1. The van der Waals surface area contributed by atoms with E-state index in [0.717, 1.165) is 23.0 Å². The van der Waals surface area contributed by atoms with Crippen LogP contribution < -0.4 is 0 Å². The van der Waals surface area contributed by atoms with Gasteiger partial charge in [-0.2, -0.15) is 0 Å². The van der Waals surface area contributed by atoms with Gasteiger partial charge in [0.2, 0.25) is 0 Å². The van der Waals surface area contributed by atoms with Crippen molar-refractivity contribution in [2.45, 2.75) is 0 Å². The second-order valence-corrected chi connectivity index (χ2v) is 3.96. The Hall–Kier alpha value is -2.35. The van der Waals surface area contributed by atoms with Crippen LogP contribution in [0.3, 0.4) is 0 Å². The summed E-state index contributed by atoms with van der Waals surface area (Å²) in [5.74, 6) is -0.123. The number of aliphatic hydroxyl groups is 1. The van der Waals surface area contributed by atoms with Crippen LogP contribution in [0, 0.1) is 0 Å². The maximum absolute atomic E-state index is 12.2. The van der Waals surface area contributed by atoms with Crippen LogP contribution >= 0.6 is 0 Å². The summed E-state index contributed by atoms with van der Waals surface area (Å²) in [4.78, 5) is 12.2. The van der Waals surface area contributed by atoms with Crippen LogP contribution in [-0.2, 0) is 0 Å². The Morgan fingerprint density at radius 3 is 1.82 bits per heavy atom. The number of benzene rings is 2. The van der Waals surface area contributed by atoms with Crippen molar-refractivity contribution in [1.82, 2.24) is 0 Å². The fourth-order valence-corrected chi connectivity index (χ4v) is 2.26. The Morgan fingerprint density at radius 1 is 0.765 bits per heavy atom. The monoisotopic (exact) mass is 222 g/mol. The summed E-state index contributed by atoms with van der Waals surface area (Å²) >= 11 is 0. The van der Waals surface area contributed by atoms with E-state index in [9.17, 15) is 9.90 Å². The molecule has 0 saturated carbocycles. The zero-order valence-corrected chi connectivity index (χ0v) is 9.05. The molecule has 1 aliphatic carbocycles. The first kappa shape index (κ1) is 9.85. The van der Waals surface area contributed by atoms with E-state index in [4.69, 9.17) is 0 Å². The van der Waals surface area contributed by atoms with E-state index in [1.54, 1.807) is 6.07 Å². The average molecular weight is 222 g/mol. The van der Waals surface area contributed by atoms with Crippen molar-refractivity contribution in [2.24, 2.45) is 0 Å². The molecule has 2 nitrogen and oxygen atoms in total. The van der Waals surface area contributed by atoms with Crippen LogP contribution in [0.15, 0.2) is 54.8 Å². The number of carbonyl (C=O) groups excluding carboxylic acids is 1. The minimum atomic E-state index is -0.123. The van der Waals surface area contributed by atoms with Crippen LogP contribution in [0.5, 0.6) is 0 Å². The van der Waals surface area contributed by atoms with Gasteiger partial charge in [0.15, 0.2) is 5.78 Å². The molecule has 2 heteroatoms.